The van der Waals surface area contributed by atoms with Crippen LogP contribution in [0.3, 0.4) is 0 Å². The number of ether oxygens (including phenoxy) is 1. The first-order chi connectivity index (χ1) is 30.1. The summed E-state index contributed by atoms with van der Waals surface area (Å²) in [6.07, 6.45) is 8.08. The lowest BCUT2D eigenvalue weighted by Gasteiger charge is -2.57. The van der Waals surface area contributed by atoms with E-state index in [1.165, 1.54) is 86.5 Å². The molecule has 5 aliphatic carbocycles. The van der Waals surface area contributed by atoms with Gasteiger partial charge in [-0.15, -0.1) is 11.3 Å². The first-order valence-corrected chi connectivity index (χ1v) is 22.8. The van der Waals surface area contributed by atoms with Crippen molar-refractivity contribution in [3.63, 3.8) is 0 Å². The SMILES string of the molecule is c1ccc2c(c1)Oc1ccccc1C21c2ccccc2-c2cc(-c3nc(-c4ccc5sc6ccccc6c5c4)nc(-c4ccccc4C45CC6C[C@H](C4)C[C@H](C6)C5)n3)ccc21. The number of nitrogens with zero attached hydrogens (tertiary/aromatic N) is 3. The third kappa shape index (κ3) is 4.84. The minimum absolute atomic E-state index is 0.189. The van der Waals surface area contributed by atoms with Gasteiger partial charge in [-0.1, -0.05) is 115 Å². The van der Waals surface area contributed by atoms with E-state index >= 15 is 0 Å². The van der Waals surface area contributed by atoms with Crippen LogP contribution >= 0.6 is 11.3 Å². The number of rotatable bonds is 4. The van der Waals surface area contributed by atoms with Crippen LogP contribution in [-0.4, -0.2) is 15.0 Å². The Morgan fingerprint density at radius 1 is 0.426 bits per heavy atom. The third-order valence-electron chi connectivity index (χ3n) is 15.2. The van der Waals surface area contributed by atoms with Crippen molar-refractivity contribution in [2.24, 2.45) is 17.8 Å². The Balaban J connectivity index is 0.990. The molecule has 7 aromatic carbocycles. The highest BCUT2D eigenvalue weighted by atomic mass is 32.1. The van der Waals surface area contributed by atoms with E-state index in [9.17, 15) is 0 Å². The Kier molecular flexibility index (Phi) is 7.06. The Labute approximate surface area is 359 Å². The summed E-state index contributed by atoms with van der Waals surface area (Å²) in [5.41, 5.74) is 11.5. The van der Waals surface area contributed by atoms with E-state index in [4.69, 9.17) is 19.7 Å². The van der Waals surface area contributed by atoms with E-state index in [2.05, 4.69) is 158 Å². The van der Waals surface area contributed by atoms with E-state index < -0.39 is 5.41 Å². The number of thiophene rings is 1. The Bertz CT molecular complexity index is 3230. The van der Waals surface area contributed by atoms with Gasteiger partial charge in [0, 0.05) is 48.0 Å². The first-order valence-electron chi connectivity index (χ1n) is 22.0. The minimum Gasteiger partial charge on any atom is -0.457 e. The Morgan fingerprint density at radius 2 is 0.951 bits per heavy atom. The summed E-state index contributed by atoms with van der Waals surface area (Å²) < 4.78 is 9.17. The molecule has 292 valence electrons. The van der Waals surface area contributed by atoms with Gasteiger partial charge >= 0.3 is 0 Å². The summed E-state index contributed by atoms with van der Waals surface area (Å²) >= 11 is 1.84. The second kappa shape index (κ2) is 12.6. The van der Waals surface area contributed by atoms with Gasteiger partial charge in [0.05, 0.1) is 5.41 Å². The van der Waals surface area contributed by atoms with Crippen LogP contribution in [0.25, 0.3) is 65.5 Å². The fourth-order valence-corrected chi connectivity index (χ4v) is 14.3. The maximum atomic E-state index is 6.60. The van der Waals surface area contributed by atoms with Crippen molar-refractivity contribution in [2.45, 2.75) is 49.4 Å². The molecule has 0 radical (unpaired) electrons. The molecule has 5 heteroatoms. The second-order valence-electron chi connectivity index (χ2n) is 18.5. The van der Waals surface area contributed by atoms with Gasteiger partial charge < -0.3 is 4.74 Å². The summed E-state index contributed by atoms with van der Waals surface area (Å²) in [5, 5.41) is 2.51. The van der Waals surface area contributed by atoms with Crippen LogP contribution in [0.15, 0.2) is 158 Å². The number of hydrogen-bond acceptors (Lipinski definition) is 5. The maximum absolute atomic E-state index is 6.60. The zero-order valence-electron chi connectivity index (χ0n) is 33.6. The number of fused-ring (bicyclic) bond motifs is 12. The van der Waals surface area contributed by atoms with Gasteiger partial charge in [-0.25, -0.2) is 15.0 Å². The molecule has 6 aliphatic rings. The fraction of sp³-hybridized carbons (Fsp3) is 0.196. The second-order valence-corrected chi connectivity index (χ2v) is 19.6. The molecule has 4 bridgehead atoms. The molecule has 61 heavy (non-hydrogen) atoms. The van der Waals surface area contributed by atoms with Crippen LogP contribution in [0.1, 0.15) is 66.3 Å². The first kappa shape index (κ1) is 34.3. The third-order valence-corrected chi connectivity index (χ3v) is 16.3. The van der Waals surface area contributed by atoms with Gasteiger partial charge in [-0.3, -0.25) is 0 Å². The molecule has 4 saturated carbocycles. The van der Waals surface area contributed by atoms with Crippen molar-refractivity contribution in [1.82, 2.24) is 15.0 Å². The standard InChI is InChI=1S/C56H41N3OS/c1-5-15-44-38(11-1)41-28-36(21-23-45(41)56(44)46-16-6-8-18-48(46)60-49-19-9-7-17-47(49)56)52-57-53(37-22-24-51-42(29-37)39-12-3-10-20-50(39)61-51)59-54(58-52)40-13-2-4-14-43(40)55-30-33-25-34(31-55)27-35(26-33)32-55/h1-24,28-29,33-35H,25-27,30-32H2/t33-,34-,35?,55?/m1/s1. The highest BCUT2D eigenvalue weighted by Crippen LogP contribution is 2.63. The molecule has 9 aromatic rings. The molecule has 15 rings (SSSR count). The molecule has 0 N–H and O–H groups in total. The lowest BCUT2D eigenvalue weighted by Crippen LogP contribution is -2.48. The van der Waals surface area contributed by atoms with Gasteiger partial charge in [0.1, 0.15) is 11.5 Å². The highest BCUT2D eigenvalue weighted by molar-refractivity contribution is 7.25. The molecule has 4 nitrogen and oxygen atoms in total. The topological polar surface area (TPSA) is 47.9 Å². The van der Waals surface area contributed by atoms with Crippen molar-refractivity contribution >= 4 is 31.5 Å². The van der Waals surface area contributed by atoms with Crippen molar-refractivity contribution in [3.05, 3.63) is 186 Å². The highest BCUT2D eigenvalue weighted by Gasteiger charge is 2.53. The zero-order chi connectivity index (χ0) is 39.9. The normalized spacial score (nSPS) is 22.2. The minimum atomic E-state index is -0.527. The monoisotopic (exact) mass is 803 g/mol. The molecule has 0 unspecified atom stereocenters. The lowest BCUT2D eigenvalue weighted by atomic mass is 9.47. The predicted molar refractivity (Wildman–Crippen MR) is 246 cm³/mol. The van der Waals surface area contributed by atoms with Crippen molar-refractivity contribution in [2.75, 3.05) is 0 Å². The van der Waals surface area contributed by atoms with E-state index in [0.717, 1.165) is 62.9 Å². The van der Waals surface area contributed by atoms with Crippen molar-refractivity contribution in [1.29, 1.82) is 0 Å². The molecule has 1 aliphatic heterocycles. The van der Waals surface area contributed by atoms with Crippen LogP contribution in [-0.2, 0) is 10.8 Å². The Morgan fingerprint density at radius 3 is 1.67 bits per heavy atom. The number of aromatic nitrogens is 3. The molecule has 0 saturated heterocycles. The zero-order valence-corrected chi connectivity index (χ0v) is 34.5. The number of benzene rings is 7. The van der Waals surface area contributed by atoms with Crippen LogP contribution in [0.2, 0.25) is 0 Å². The average molecular weight is 804 g/mol. The molecule has 0 atom stereocenters. The summed E-state index contributed by atoms with van der Waals surface area (Å²) in [4.78, 5) is 16.4. The van der Waals surface area contributed by atoms with Gasteiger partial charge in [-0.2, -0.15) is 0 Å². The number of hydrogen-bond donors (Lipinski definition) is 0. The van der Waals surface area contributed by atoms with Gasteiger partial charge in [0.2, 0.25) is 0 Å². The summed E-state index contributed by atoms with van der Waals surface area (Å²) in [5.74, 6) is 6.48. The average Bonchev–Trinajstić information content (AvgIpc) is 3.82. The predicted octanol–water partition coefficient (Wildman–Crippen LogP) is 14.2. The fourth-order valence-electron chi connectivity index (χ4n) is 13.2. The van der Waals surface area contributed by atoms with Crippen LogP contribution in [0.4, 0.5) is 0 Å². The summed E-state index contributed by atoms with van der Waals surface area (Å²) in [6, 6.07) is 57.5. The smallest absolute Gasteiger partial charge is 0.164 e. The van der Waals surface area contributed by atoms with E-state index in [1.807, 2.05) is 11.3 Å². The van der Waals surface area contributed by atoms with Crippen molar-refractivity contribution in [3.8, 4) is 56.8 Å². The maximum Gasteiger partial charge on any atom is 0.164 e. The van der Waals surface area contributed by atoms with Crippen molar-refractivity contribution < 1.29 is 4.74 Å². The van der Waals surface area contributed by atoms with E-state index in [-0.39, 0.29) is 5.41 Å². The number of para-hydroxylation sites is 2. The van der Waals surface area contributed by atoms with Crippen LogP contribution in [0, 0.1) is 17.8 Å². The quantitative estimate of drug-likeness (QED) is 0.178. The molecule has 3 heterocycles. The summed E-state index contributed by atoms with van der Waals surface area (Å²) in [7, 11) is 0. The lowest BCUT2D eigenvalue weighted by molar-refractivity contribution is -0.00494. The van der Waals surface area contributed by atoms with Gasteiger partial charge in [0.25, 0.3) is 0 Å². The molecule has 1 spiro atoms. The van der Waals surface area contributed by atoms with E-state index in [0.29, 0.717) is 11.6 Å². The molecule has 2 aromatic heterocycles. The molecule has 0 amide bonds. The molecule has 4 fully saturated rings. The van der Waals surface area contributed by atoms with E-state index in [1.54, 1.807) is 0 Å². The van der Waals surface area contributed by atoms with Gasteiger partial charge in [0.15, 0.2) is 17.5 Å². The molecular weight excluding hydrogens is 763 g/mol. The Hall–Kier alpha value is -6.43. The van der Waals surface area contributed by atoms with Crippen LogP contribution < -0.4 is 4.74 Å². The summed E-state index contributed by atoms with van der Waals surface area (Å²) in [6.45, 7) is 0. The largest absolute Gasteiger partial charge is 0.457 e. The van der Waals surface area contributed by atoms with Gasteiger partial charge in [-0.05, 0) is 132 Å². The molecular formula is C56H41N3OS. The van der Waals surface area contributed by atoms with Crippen LogP contribution in [0.5, 0.6) is 11.5 Å².